The lowest BCUT2D eigenvalue weighted by Gasteiger charge is -2.25. The van der Waals surface area contributed by atoms with Gasteiger partial charge in [0.1, 0.15) is 0 Å². The fourth-order valence-corrected chi connectivity index (χ4v) is 2.11. The number of hydrogen-bond acceptors (Lipinski definition) is 3. The summed E-state index contributed by atoms with van der Waals surface area (Å²) in [7, 11) is 1.68. The van der Waals surface area contributed by atoms with E-state index < -0.39 is 0 Å². The molecular weight excluding hydrogens is 238 g/mol. The van der Waals surface area contributed by atoms with Gasteiger partial charge in [0.05, 0.1) is 6.61 Å². The number of aldehydes is 1. The second-order valence-corrected chi connectivity index (χ2v) is 4.67. The number of halogens is 1. The molecule has 0 saturated heterocycles. The van der Waals surface area contributed by atoms with Crippen LogP contribution in [0.25, 0.3) is 0 Å². The van der Waals surface area contributed by atoms with Crippen molar-refractivity contribution in [2.75, 3.05) is 25.2 Å². The van der Waals surface area contributed by atoms with Crippen molar-refractivity contribution in [1.82, 2.24) is 0 Å². The monoisotopic (exact) mass is 253 g/mol. The molecule has 0 bridgehead atoms. The van der Waals surface area contributed by atoms with E-state index in [2.05, 4.69) is 4.90 Å². The Bertz CT molecular complexity index is 404. The number of hydrogen-bond donors (Lipinski definition) is 0. The topological polar surface area (TPSA) is 29.5 Å². The van der Waals surface area contributed by atoms with Gasteiger partial charge < -0.3 is 9.64 Å². The van der Waals surface area contributed by atoms with Crippen LogP contribution in [-0.4, -0.2) is 32.6 Å². The van der Waals surface area contributed by atoms with E-state index >= 15 is 0 Å². The molecule has 3 nitrogen and oxygen atoms in total. The summed E-state index contributed by atoms with van der Waals surface area (Å²) in [5.74, 6) is 0. The fourth-order valence-electron chi connectivity index (χ4n) is 1.94. The van der Waals surface area contributed by atoms with E-state index in [1.807, 2.05) is 6.07 Å². The van der Waals surface area contributed by atoms with Crippen LogP contribution in [0.1, 0.15) is 23.2 Å². The fraction of sp³-hybridized carbons (Fsp3) is 0.462. The Labute approximate surface area is 106 Å². The Morgan fingerprint density at radius 3 is 2.88 bits per heavy atom. The average Bonchev–Trinajstić information content (AvgIpc) is 3.14. The van der Waals surface area contributed by atoms with Crippen LogP contribution in [0, 0.1) is 0 Å². The molecule has 4 heteroatoms. The van der Waals surface area contributed by atoms with Gasteiger partial charge in [0.15, 0.2) is 6.29 Å². The van der Waals surface area contributed by atoms with Gasteiger partial charge in [-0.15, -0.1) is 0 Å². The van der Waals surface area contributed by atoms with Gasteiger partial charge in [-0.1, -0.05) is 11.6 Å². The summed E-state index contributed by atoms with van der Waals surface area (Å²) in [6.07, 6.45) is 3.23. The average molecular weight is 254 g/mol. The van der Waals surface area contributed by atoms with Crippen LogP contribution in [0.2, 0.25) is 5.02 Å². The predicted octanol–water partition coefficient (Wildman–Crippen LogP) is 2.77. The van der Waals surface area contributed by atoms with Gasteiger partial charge in [0.25, 0.3) is 0 Å². The highest BCUT2D eigenvalue weighted by Gasteiger charge is 2.30. The number of carbonyl (C=O) groups excluding carboxylic acids is 1. The first-order chi connectivity index (χ1) is 8.26. The van der Waals surface area contributed by atoms with E-state index in [-0.39, 0.29) is 0 Å². The van der Waals surface area contributed by atoms with Crippen molar-refractivity contribution in [3.8, 4) is 0 Å². The zero-order valence-electron chi connectivity index (χ0n) is 9.86. The zero-order chi connectivity index (χ0) is 12.3. The van der Waals surface area contributed by atoms with Crippen molar-refractivity contribution in [2.45, 2.75) is 18.9 Å². The molecule has 1 aliphatic rings. The van der Waals surface area contributed by atoms with Crippen molar-refractivity contribution in [3.05, 3.63) is 28.8 Å². The maximum absolute atomic E-state index is 11.1. The molecule has 17 heavy (non-hydrogen) atoms. The molecule has 0 radical (unpaired) electrons. The van der Waals surface area contributed by atoms with Crippen LogP contribution in [0.4, 0.5) is 5.69 Å². The van der Waals surface area contributed by atoms with Gasteiger partial charge in [-0.25, -0.2) is 0 Å². The molecule has 2 rings (SSSR count). The quantitative estimate of drug-likeness (QED) is 0.730. The van der Waals surface area contributed by atoms with Crippen LogP contribution in [-0.2, 0) is 4.74 Å². The molecule has 1 aliphatic carbocycles. The number of benzene rings is 1. The largest absolute Gasteiger partial charge is 0.383 e. The molecule has 92 valence electrons. The summed E-state index contributed by atoms with van der Waals surface area (Å²) in [6.45, 7) is 1.45. The van der Waals surface area contributed by atoms with E-state index in [1.165, 1.54) is 12.8 Å². The zero-order valence-corrected chi connectivity index (χ0v) is 10.6. The number of rotatable bonds is 6. The molecule has 1 aromatic carbocycles. The first-order valence-electron chi connectivity index (χ1n) is 5.76. The molecule has 1 saturated carbocycles. The van der Waals surface area contributed by atoms with Crippen molar-refractivity contribution < 1.29 is 9.53 Å². The normalized spacial score (nSPS) is 14.7. The summed E-state index contributed by atoms with van der Waals surface area (Å²) in [4.78, 5) is 13.3. The van der Waals surface area contributed by atoms with Gasteiger partial charge in [0.2, 0.25) is 0 Å². The Morgan fingerprint density at radius 2 is 2.29 bits per heavy atom. The maximum Gasteiger partial charge on any atom is 0.152 e. The molecule has 0 N–H and O–H groups in total. The molecule has 0 atom stereocenters. The standard InChI is InChI=1S/C13H16ClNO2/c1-17-7-6-15(12-4-5-12)13-8-11(14)3-2-10(13)9-16/h2-3,8-9,12H,4-7H2,1H3. The Balaban J connectivity index is 2.26. The first kappa shape index (κ1) is 12.4. The third kappa shape index (κ3) is 2.99. The molecule has 1 fully saturated rings. The lowest BCUT2D eigenvalue weighted by Crippen LogP contribution is -2.30. The van der Waals surface area contributed by atoms with E-state index in [1.54, 1.807) is 19.2 Å². The molecular formula is C13H16ClNO2. The summed E-state index contributed by atoms with van der Waals surface area (Å²) in [5, 5.41) is 0.661. The van der Waals surface area contributed by atoms with Crippen molar-refractivity contribution in [2.24, 2.45) is 0 Å². The number of methoxy groups -OCH3 is 1. The second-order valence-electron chi connectivity index (χ2n) is 4.24. The van der Waals surface area contributed by atoms with E-state index in [0.717, 1.165) is 18.5 Å². The summed E-state index contributed by atoms with van der Waals surface area (Å²) >= 11 is 6.00. The molecule has 0 amide bonds. The van der Waals surface area contributed by atoms with E-state index in [4.69, 9.17) is 16.3 Å². The van der Waals surface area contributed by atoms with E-state index in [0.29, 0.717) is 23.2 Å². The highest BCUT2D eigenvalue weighted by molar-refractivity contribution is 6.31. The minimum atomic E-state index is 0.530. The lowest BCUT2D eigenvalue weighted by atomic mass is 10.1. The predicted molar refractivity (Wildman–Crippen MR) is 69.1 cm³/mol. The van der Waals surface area contributed by atoms with Gasteiger partial charge >= 0.3 is 0 Å². The van der Waals surface area contributed by atoms with Crippen LogP contribution in [0.5, 0.6) is 0 Å². The molecule has 1 aromatic rings. The molecule has 0 spiro atoms. The third-order valence-corrected chi connectivity index (χ3v) is 3.19. The molecule has 0 unspecified atom stereocenters. The number of anilines is 1. The van der Waals surface area contributed by atoms with Crippen molar-refractivity contribution >= 4 is 23.6 Å². The number of nitrogens with zero attached hydrogens (tertiary/aromatic N) is 1. The SMILES string of the molecule is COCCN(c1cc(Cl)ccc1C=O)C1CC1. The lowest BCUT2D eigenvalue weighted by molar-refractivity contribution is 0.112. The summed E-state index contributed by atoms with van der Waals surface area (Å²) in [6, 6.07) is 5.91. The molecule has 0 heterocycles. The minimum absolute atomic E-state index is 0.530. The van der Waals surface area contributed by atoms with Crippen LogP contribution < -0.4 is 4.90 Å². The van der Waals surface area contributed by atoms with Gasteiger partial charge in [-0.2, -0.15) is 0 Å². The highest BCUT2D eigenvalue weighted by atomic mass is 35.5. The third-order valence-electron chi connectivity index (χ3n) is 2.95. The van der Waals surface area contributed by atoms with Gasteiger partial charge in [-0.3, -0.25) is 4.79 Å². The Morgan fingerprint density at radius 1 is 1.53 bits per heavy atom. The Kier molecular flexibility index (Phi) is 4.02. The van der Waals surface area contributed by atoms with Crippen molar-refractivity contribution in [3.63, 3.8) is 0 Å². The minimum Gasteiger partial charge on any atom is -0.383 e. The Hall–Kier alpha value is -1.06. The van der Waals surface area contributed by atoms with Gasteiger partial charge in [-0.05, 0) is 31.0 Å². The number of carbonyl (C=O) groups is 1. The van der Waals surface area contributed by atoms with Crippen molar-refractivity contribution in [1.29, 1.82) is 0 Å². The van der Waals surface area contributed by atoms with Crippen LogP contribution >= 0.6 is 11.6 Å². The molecule has 0 aliphatic heterocycles. The van der Waals surface area contributed by atoms with Gasteiger partial charge in [0, 0.05) is 36.0 Å². The summed E-state index contributed by atoms with van der Waals surface area (Å²) in [5.41, 5.74) is 1.62. The molecule has 0 aromatic heterocycles. The van der Waals surface area contributed by atoms with E-state index in [9.17, 15) is 4.79 Å². The van der Waals surface area contributed by atoms with Crippen LogP contribution in [0.3, 0.4) is 0 Å². The van der Waals surface area contributed by atoms with Crippen LogP contribution in [0.15, 0.2) is 18.2 Å². The number of ether oxygens (including phenoxy) is 1. The first-order valence-corrected chi connectivity index (χ1v) is 6.14. The smallest absolute Gasteiger partial charge is 0.152 e. The highest BCUT2D eigenvalue weighted by Crippen LogP contribution is 2.34. The summed E-state index contributed by atoms with van der Waals surface area (Å²) < 4.78 is 5.11. The maximum atomic E-state index is 11.1. The second kappa shape index (κ2) is 5.52.